The molecule has 0 spiro atoms. The molecule has 0 amide bonds. The molecule has 0 saturated heterocycles. The van der Waals surface area contributed by atoms with Crippen LogP contribution in [0.3, 0.4) is 0 Å². The predicted molar refractivity (Wildman–Crippen MR) is 81.4 cm³/mol. The zero-order valence-electron chi connectivity index (χ0n) is 12.7. The lowest BCUT2D eigenvalue weighted by Gasteiger charge is -2.12. The average molecular weight is 313 g/mol. The van der Waals surface area contributed by atoms with E-state index in [0.717, 1.165) is 0 Å². The molecule has 2 heterocycles. The van der Waals surface area contributed by atoms with Gasteiger partial charge in [-0.3, -0.25) is 4.98 Å². The van der Waals surface area contributed by atoms with Gasteiger partial charge in [-0.25, -0.2) is 0 Å². The third-order valence-corrected chi connectivity index (χ3v) is 3.08. The van der Waals surface area contributed by atoms with E-state index in [9.17, 15) is 0 Å². The molecule has 0 aliphatic rings. The molecular formula is C16H15N3O4. The van der Waals surface area contributed by atoms with E-state index in [0.29, 0.717) is 34.7 Å². The maximum Gasteiger partial charge on any atom is 0.264 e. The molecule has 0 atom stereocenters. The molecule has 118 valence electrons. The highest BCUT2D eigenvalue weighted by Crippen LogP contribution is 2.37. The van der Waals surface area contributed by atoms with Gasteiger partial charge in [-0.05, 0) is 24.3 Å². The SMILES string of the molecule is COc1cccc(OC)c1OCc1nc(-c2ccccn2)no1. The second-order valence-corrected chi connectivity index (χ2v) is 4.51. The molecule has 0 aliphatic heterocycles. The van der Waals surface area contributed by atoms with E-state index in [4.69, 9.17) is 18.7 Å². The van der Waals surface area contributed by atoms with Crippen molar-refractivity contribution in [3.05, 3.63) is 48.5 Å². The summed E-state index contributed by atoms with van der Waals surface area (Å²) in [5, 5.41) is 3.89. The van der Waals surface area contributed by atoms with Gasteiger partial charge in [0.25, 0.3) is 5.89 Å². The van der Waals surface area contributed by atoms with Gasteiger partial charge in [0.15, 0.2) is 18.1 Å². The minimum Gasteiger partial charge on any atom is -0.493 e. The molecule has 7 nitrogen and oxygen atoms in total. The highest BCUT2D eigenvalue weighted by Gasteiger charge is 2.14. The Kier molecular flexibility index (Phi) is 4.37. The van der Waals surface area contributed by atoms with Crippen LogP contribution in [-0.2, 0) is 6.61 Å². The predicted octanol–water partition coefficient (Wildman–Crippen LogP) is 2.73. The van der Waals surface area contributed by atoms with Crippen molar-refractivity contribution in [3.63, 3.8) is 0 Å². The van der Waals surface area contributed by atoms with Crippen molar-refractivity contribution in [2.24, 2.45) is 0 Å². The average Bonchev–Trinajstić information content (AvgIpc) is 3.09. The van der Waals surface area contributed by atoms with Crippen LogP contribution in [0.5, 0.6) is 17.2 Å². The topological polar surface area (TPSA) is 79.5 Å². The smallest absolute Gasteiger partial charge is 0.264 e. The third kappa shape index (κ3) is 3.23. The molecule has 2 aromatic heterocycles. The fourth-order valence-corrected chi connectivity index (χ4v) is 2.01. The Hall–Kier alpha value is -3.09. The largest absolute Gasteiger partial charge is 0.493 e. The molecule has 0 unspecified atom stereocenters. The summed E-state index contributed by atoms with van der Waals surface area (Å²) in [5.41, 5.74) is 0.636. The highest BCUT2D eigenvalue weighted by molar-refractivity contribution is 5.51. The van der Waals surface area contributed by atoms with Gasteiger partial charge in [-0.1, -0.05) is 17.3 Å². The fraction of sp³-hybridized carbons (Fsp3) is 0.188. The molecule has 0 fully saturated rings. The summed E-state index contributed by atoms with van der Waals surface area (Å²) in [7, 11) is 3.13. The molecule has 23 heavy (non-hydrogen) atoms. The number of para-hydroxylation sites is 1. The second kappa shape index (κ2) is 6.78. The molecule has 0 saturated carbocycles. The lowest BCUT2D eigenvalue weighted by molar-refractivity contribution is 0.223. The lowest BCUT2D eigenvalue weighted by atomic mass is 10.3. The number of aromatic nitrogens is 3. The van der Waals surface area contributed by atoms with Crippen molar-refractivity contribution in [2.75, 3.05) is 14.2 Å². The van der Waals surface area contributed by atoms with Gasteiger partial charge in [0, 0.05) is 6.20 Å². The van der Waals surface area contributed by atoms with Crippen molar-refractivity contribution < 1.29 is 18.7 Å². The van der Waals surface area contributed by atoms with Crippen LogP contribution >= 0.6 is 0 Å². The molecule has 1 aromatic carbocycles. The van der Waals surface area contributed by atoms with E-state index in [2.05, 4.69) is 15.1 Å². The Morgan fingerprint density at radius 2 is 1.78 bits per heavy atom. The molecule has 0 radical (unpaired) electrons. The number of ether oxygens (including phenoxy) is 3. The van der Waals surface area contributed by atoms with Crippen molar-refractivity contribution >= 4 is 0 Å². The van der Waals surface area contributed by atoms with Crippen LogP contribution in [0.2, 0.25) is 0 Å². The molecule has 0 aliphatic carbocycles. The number of benzene rings is 1. The zero-order valence-corrected chi connectivity index (χ0v) is 12.7. The number of pyridine rings is 1. The van der Waals surface area contributed by atoms with E-state index in [1.807, 2.05) is 18.2 Å². The molecule has 0 bridgehead atoms. The molecular weight excluding hydrogens is 298 g/mol. The Morgan fingerprint density at radius 3 is 2.43 bits per heavy atom. The summed E-state index contributed by atoms with van der Waals surface area (Å²) in [6, 6.07) is 10.9. The number of rotatable bonds is 6. The maximum absolute atomic E-state index is 5.72. The normalized spacial score (nSPS) is 10.3. The maximum atomic E-state index is 5.72. The van der Waals surface area contributed by atoms with Gasteiger partial charge in [0.1, 0.15) is 5.69 Å². The summed E-state index contributed by atoms with van der Waals surface area (Å²) in [6.07, 6.45) is 1.67. The number of hydrogen-bond acceptors (Lipinski definition) is 7. The van der Waals surface area contributed by atoms with Crippen LogP contribution in [0.1, 0.15) is 5.89 Å². The third-order valence-electron chi connectivity index (χ3n) is 3.08. The van der Waals surface area contributed by atoms with Gasteiger partial charge in [0.2, 0.25) is 11.6 Å². The molecule has 3 aromatic rings. The fourth-order valence-electron chi connectivity index (χ4n) is 2.01. The molecule has 3 rings (SSSR count). The monoisotopic (exact) mass is 313 g/mol. The van der Waals surface area contributed by atoms with E-state index in [-0.39, 0.29) is 6.61 Å². The minimum atomic E-state index is 0.0938. The summed E-state index contributed by atoms with van der Waals surface area (Å²) in [4.78, 5) is 8.43. The van der Waals surface area contributed by atoms with Gasteiger partial charge < -0.3 is 18.7 Å². The Balaban J connectivity index is 1.76. The van der Waals surface area contributed by atoms with Crippen LogP contribution < -0.4 is 14.2 Å². The summed E-state index contributed by atoms with van der Waals surface area (Å²) >= 11 is 0. The van der Waals surface area contributed by atoms with Gasteiger partial charge >= 0.3 is 0 Å². The van der Waals surface area contributed by atoms with Crippen molar-refractivity contribution in [1.29, 1.82) is 0 Å². The highest BCUT2D eigenvalue weighted by atomic mass is 16.5. The van der Waals surface area contributed by atoms with Crippen molar-refractivity contribution in [3.8, 4) is 28.8 Å². The van der Waals surface area contributed by atoms with E-state index < -0.39 is 0 Å². The standard InChI is InChI=1S/C16H15N3O4/c1-20-12-7-5-8-13(21-2)15(12)22-10-14-18-16(19-23-14)11-6-3-4-9-17-11/h3-9H,10H2,1-2H3. The van der Waals surface area contributed by atoms with Gasteiger partial charge in [-0.15, -0.1) is 0 Å². The summed E-state index contributed by atoms with van der Waals surface area (Å²) < 4.78 is 21.4. The van der Waals surface area contributed by atoms with Crippen LogP contribution in [0.25, 0.3) is 11.5 Å². The zero-order chi connectivity index (χ0) is 16.1. The first kappa shape index (κ1) is 14.8. The second-order valence-electron chi connectivity index (χ2n) is 4.51. The van der Waals surface area contributed by atoms with Gasteiger partial charge in [-0.2, -0.15) is 4.98 Å². The lowest BCUT2D eigenvalue weighted by Crippen LogP contribution is -2.00. The van der Waals surface area contributed by atoms with E-state index in [1.165, 1.54) is 0 Å². The van der Waals surface area contributed by atoms with Crippen LogP contribution in [0, 0.1) is 0 Å². The first-order valence-corrected chi connectivity index (χ1v) is 6.89. The first-order chi connectivity index (χ1) is 11.3. The Labute approximate surface area is 132 Å². The number of methoxy groups -OCH3 is 2. The minimum absolute atomic E-state index is 0.0938. The first-order valence-electron chi connectivity index (χ1n) is 6.89. The number of hydrogen-bond donors (Lipinski definition) is 0. The quantitative estimate of drug-likeness (QED) is 0.692. The Morgan fingerprint density at radius 1 is 1.00 bits per heavy atom. The Bertz CT molecular complexity index is 752. The van der Waals surface area contributed by atoms with Crippen molar-refractivity contribution in [2.45, 2.75) is 6.61 Å². The van der Waals surface area contributed by atoms with Gasteiger partial charge in [0.05, 0.1) is 14.2 Å². The van der Waals surface area contributed by atoms with E-state index >= 15 is 0 Å². The van der Waals surface area contributed by atoms with Crippen molar-refractivity contribution in [1.82, 2.24) is 15.1 Å². The van der Waals surface area contributed by atoms with Crippen LogP contribution in [-0.4, -0.2) is 29.3 Å². The number of nitrogens with zero attached hydrogens (tertiary/aromatic N) is 3. The summed E-state index contributed by atoms with van der Waals surface area (Å²) in [5.74, 6) is 2.35. The van der Waals surface area contributed by atoms with Crippen LogP contribution in [0.15, 0.2) is 47.1 Å². The van der Waals surface area contributed by atoms with E-state index in [1.54, 1.807) is 38.6 Å². The van der Waals surface area contributed by atoms with Crippen LogP contribution in [0.4, 0.5) is 0 Å². The summed E-state index contributed by atoms with van der Waals surface area (Å²) in [6.45, 7) is 0.0938. The molecule has 7 heteroatoms. The molecule has 0 N–H and O–H groups in total.